The summed E-state index contributed by atoms with van der Waals surface area (Å²) in [6, 6.07) is 0. The minimum absolute atomic E-state index is 0.0742. The van der Waals surface area contributed by atoms with E-state index in [2.05, 4.69) is 9.72 Å². The Morgan fingerprint density at radius 1 is 1.59 bits per heavy atom. The van der Waals surface area contributed by atoms with Gasteiger partial charge in [0.2, 0.25) is 0 Å². The van der Waals surface area contributed by atoms with E-state index in [1.165, 1.54) is 22.6 Å². The summed E-state index contributed by atoms with van der Waals surface area (Å²) in [6.07, 6.45) is -4.20. The van der Waals surface area contributed by atoms with Crippen LogP contribution in [0.3, 0.4) is 0 Å². The molecule has 0 aliphatic heterocycles. The first kappa shape index (κ1) is 14.3. The van der Waals surface area contributed by atoms with E-state index in [9.17, 15) is 18.0 Å². The maximum absolute atomic E-state index is 12.1. The summed E-state index contributed by atoms with van der Waals surface area (Å²) in [7, 11) is 0. The molecule has 0 fully saturated rings. The SMILES string of the molecule is O=C(O)c1cnc(CCl)c(I)c1OC(F)(F)F. The van der Waals surface area contributed by atoms with Crippen molar-refractivity contribution in [3.05, 3.63) is 21.0 Å². The Morgan fingerprint density at radius 2 is 2.18 bits per heavy atom. The normalized spacial score (nSPS) is 11.4. The maximum atomic E-state index is 12.1. The Hall–Kier alpha value is -0.770. The third-order valence-electron chi connectivity index (χ3n) is 1.62. The number of hydrogen-bond acceptors (Lipinski definition) is 3. The fraction of sp³-hybridized carbons (Fsp3) is 0.250. The molecule has 94 valence electrons. The van der Waals surface area contributed by atoms with Crippen molar-refractivity contribution >= 4 is 40.2 Å². The number of carbonyl (C=O) groups is 1. The van der Waals surface area contributed by atoms with Gasteiger partial charge in [-0.1, -0.05) is 0 Å². The lowest BCUT2D eigenvalue weighted by Gasteiger charge is -2.14. The molecule has 1 heterocycles. The fourth-order valence-corrected chi connectivity index (χ4v) is 2.13. The van der Waals surface area contributed by atoms with Crippen molar-refractivity contribution < 1.29 is 27.8 Å². The minimum atomic E-state index is -4.98. The summed E-state index contributed by atoms with van der Waals surface area (Å²) in [6.45, 7) is 0. The van der Waals surface area contributed by atoms with Crippen LogP contribution in [0.4, 0.5) is 13.2 Å². The van der Waals surface area contributed by atoms with Crippen LogP contribution in [0.2, 0.25) is 0 Å². The fourth-order valence-electron chi connectivity index (χ4n) is 0.968. The molecule has 0 aliphatic carbocycles. The van der Waals surface area contributed by atoms with Gasteiger partial charge >= 0.3 is 12.3 Å². The molecule has 0 aromatic carbocycles. The van der Waals surface area contributed by atoms with Gasteiger partial charge in [-0.15, -0.1) is 24.8 Å². The molecule has 0 bridgehead atoms. The molecule has 1 rings (SSSR count). The van der Waals surface area contributed by atoms with Gasteiger partial charge in [-0.2, -0.15) is 0 Å². The predicted octanol–water partition coefficient (Wildman–Crippen LogP) is 3.02. The van der Waals surface area contributed by atoms with Gasteiger partial charge in [0.1, 0.15) is 5.56 Å². The van der Waals surface area contributed by atoms with Crippen molar-refractivity contribution in [1.82, 2.24) is 4.98 Å². The first-order valence-electron chi connectivity index (χ1n) is 3.98. The lowest BCUT2D eigenvalue weighted by atomic mass is 10.2. The first-order chi connectivity index (χ1) is 7.76. The molecule has 0 aliphatic rings. The molecule has 17 heavy (non-hydrogen) atoms. The highest BCUT2D eigenvalue weighted by molar-refractivity contribution is 14.1. The number of halogens is 5. The number of rotatable bonds is 3. The van der Waals surface area contributed by atoms with E-state index >= 15 is 0 Å². The van der Waals surface area contributed by atoms with Crippen LogP contribution in [0, 0.1) is 3.57 Å². The molecule has 0 radical (unpaired) electrons. The highest BCUT2D eigenvalue weighted by Gasteiger charge is 2.35. The largest absolute Gasteiger partial charge is 0.573 e. The van der Waals surface area contributed by atoms with E-state index in [0.717, 1.165) is 6.20 Å². The molecule has 0 amide bonds. The Balaban J connectivity index is 3.35. The lowest BCUT2D eigenvalue weighted by Crippen LogP contribution is -2.20. The summed E-state index contributed by atoms with van der Waals surface area (Å²) in [5, 5.41) is 8.73. The molecule has 1 aromatic heterocycles. The molecule has 0 saturated carbocycles. The monoisotopic (exact) mass is 381 g/mol. The Bertz CT molecular complexity index is 452. The van der Waals surface area contributed by atoms with E-state index in [0.29, 0.717) is 0 Å². The third kappa shape index (κ3) is 3.60. The summed E-state index contributed by atoms with van der Waals surface area (Å²) < 4.78 is 40.0. The number of carboxylic acid groups (broad SMARTS) is 1. The summed E-state index contributed by atoms with van der Waals surface area (Å²) in [5.41, 5.74) is -0.544. The van der Waals surface area contributed by atoms with Crippen molar-refractivity contribution in [2.24, 2.45) is 0 Å². The summed E-state index contributed by atoms with van der Waals surface area (Å²) in [5.74, 6) is -2.50. The smallest absolute Gasteiger partial charge is 0.477 e. The second kappa shape index (κ2) is 5.25. The zero-order valence-corrected chi connectivity index (χ0v) is 10.8. The predicted molar refractivity (Wildman–Crippen MR) is 60.2 cm³/mol. The van der Waals surface area contributed by atoms with Crippen LogP contribution in [-0.2, 0) is 5.88 Å². The van der Waals surface area contributed by atoms with Gasteiger partial charge < -0.3 is 9.84 Å². The minimum Gasteiger partial charge on any atom is -0.477 e. The van der Waals surface area contributed by atoms with Gasteiger partial charge in [-0.05, 0) is 22.6 Å². The van der Waals surface area contributed by atoms with Crippen LogP contribution in [0.25, 0.3) is 0 Å². The van der Waals surface area contributed by atoms with Crippen molar-refractivity contribution in [2.45, 2.75) is 12.2 Å². The average molecular weight is 381 g/mol. The number of hydrogen-bond donors (Lipinski definition) is 1. The van der Waals surface area contributed by atoms with Crippen LogP contribution in [-0.4, -0.2) is 22.4 Å². The van der Waals surface area contributed by atoms with Crippen LogP contribution in [0.15, 0.2) is 6.20 Å². The van der Waals surface area contributed by atoms with E-state index < -0.39 is 23.6 Å². The molecular weight excluding hydrogens is 377 g/mol. The highest BCUT2D eigenvalue weighted by Crippen LogP contribution is 2.32. The third-order valence-corrected chi connectivity index (χ3v) is 2.99. The molecule has 9 heteroatoms. The van der Waals surface area contributed by atoms with Crippen molar-refractivity contribution in [3.8, 4) is 5.75 Å². The first-order valence-corrected chi connectivity index (χ1v) is 5.60. The van der Waals surface area contributed by atoms with Gasteiger partial charge in [0, 0.05) is 6.20 Å². The molecule has 4 nitrogen and oxygen atoms in total. The van der Waals surface area contributed by atoms with Crippen LogP contribution < -0.4 is 4.74 Å². The lowest BCUT2D eigenvalue weighted by molar-refractivity contribution is -0.275. The van der Waals surface area contributed by atoms with Gasteiger partial charge in [-0.25, -0.2) is 4.79 Å². The molecule has 0 atom stereocenters. The number of nitrogens with zero attached hydrogens (tertiary/aromatic N) is 1. The van der Waals surface area contributed by atoms with Gasteiger partial charge in [0.15, 0.2) is 5.75 Å². The van der Waals surface area contributed by atoms with E-state index in [1.807, 2.05) is 0 Å². The molecule has 0 unspecified atom stereocenters. The molecular formula is C8H4ClF3INO3. The van der Waals surface area contributed by atoms with Crippen LogP contribution >= 0.6 is 34.2 Å². The van der Waals surface area contributed by atoms with Crippen molar-refractivity contribution in [2.75, 3.05) is 0 Å². The molecule has 1 N–H and O–H groups in total. The van der Waals surface area contributed by atoms with Crippen molar-refractivity contribution in [1.29, 1.82) is 0 Å². The maximum Gasteiger partial charge on any atom is 0.573 e. The second-order valence-electron chi connectivity index (χ2n) is 2.75. The Labute approximate surface area is 112 Å². The number of carboxylic acids is 1. The standard InChI is InChI=1S/C8H4ClF3INO3/c9-1-4-5(13)6(17-8(10,11)12)3(2-14-4)7(15)16/h2H,1H2,(H,15,16). The average Bonchev–Trinajstić information content (AvgIpc) is 2.18. The van der Waals surface area contributed by atoms with Gasteiger partial charge in [-0.3, -0.25) is 4.98 Å². The molecule has 1 aromatic rings. The number of pyridine rings is 1. The van der Waals surface area contributed by atoms with E-state index in [-0.39, 0.29) is 15.1 Å². The van der Waals surface area contributed by atoms with Gasteiger partial charge in [0.05, 0.1) is 15.1 Å². The van der Waals surface area contributed by atoms with Crippen molar-refractivity contribution in [3.63, 3.8) is 0 Å². The summed E-state index contributed by atoms with van der Waals surface area (Å²) in [4.78, 5) is 14.4. The molecule has 0 saturated heterocycles. The van der Waals surface area contributed by atoms with Crippen LogP contribution in [0.1, 0.15) is 16.1 Å². The number of alkyl halides is 4. The second-order valence-corrected chi connectivity index (χ2v) is 4.09. The Morgan fingerprint density at radius 3 is 2.59 bits per heavy atom. The number of aromatic carboxylic acids is 1. The quantitative estimate of drug-likeness (QED) is 0.646. The Kier molecular flexibility index (Phi) is 4.42. The van der Waals surface area contributed by atoms with Crippen LogP contribution in [0.5, 0.6) is 5.75 Å². The summed E-state index contributed by atoms with van der Waals surface area (Å²) >= 11 is 6.96. The van der Waals surface area contributed by atoms with Gasteiger partial charge in [0.25, 0.3) is 0 Å². The zero-order chi connectivity index (χ0) is 13.2. The molecule has 0 spiro atoms. The topological polar surface area (TPSA) is 59.4 Å². The number of ether oxygens (including phenoxy) is 1. The number of aromatic nitrogens is 1. The zero-order valence-electron chi connectivity index (χ0n) is 7.89. The van der Waals surface area contributed by atoms with E-state index in [4.69, 9.17) is 16.7 Å². The van der Waals surface area contributed by atoms with E-state index in [1.54, 1.807) is 0 Å². The highest BCUT2D eigenvalue weighted by atomic mass is 127.